The summed E-state index contributed by atoms with van der Waals surface area (Å²) in [4.78, 5) is 13.2. The minimum absolute atomic E-state index is 0.0681. The van der Waals surface area contributed by atoms with Crippen molar-refractivity contribution in [2.24, 2.45) is 0 Å². The molecular weight excluding hydrogens is 424 g/mol. The molecule has 168 valence electrons. The van der Waals surface area contributed by atoms with Gasteiger partial charge in [0.15, 0.2) is 0 Å². The number of carbonyl (C=O) groups is 1. The molecule has 0 saturated heterocycles. The zero-order chi connectivity index (χ0) is 23.1. The highest BCUT2D eigenvalue weighted by atomic mass is 32.2. The molecule has 32 heavy (non-hydrogen) atoms. The highest BCUT2D eigenvalue weighted by Gasteiger charge is 2.26. The maximum absolute atomic E-state index is 13.2. The summed E-state index contributed by atoms with van der Waals surface area (Å²) in [6.45, 7) is 6.17. The number of rotatable bonds is 9. The maximum atomic E-state index is 13.2. The topological polar surface area (TPSA) is 84.5 Å². The van der Waals surface area contributed by atoms with Crippen LogP contribution < -0.4 is 14.8 Å². The zero-order valence-electron chi connectivity index (χ0n) is 18.5. The fourth-order valence-electron chi connectivity index (χ4n) is 3.27. The average molecular weight is 453 g/mol. The molecule has 2 N–H and O–H groups in total. The van der Waals surface area contributed by atoms with Crippen LogP contribution in [0.1, 0.15) is 23.6 Å². The third-order valence-electron chi connectivity index (χ3n) is 4.99. The molecule has 0 bridgehead atoms. The average Bonchev–Trinajstić information content (AvgIpc) is 2.77. The van der Waals surface area contributed by atoms with Crippen molar-refractivity contribution < 1.29 is 17.9 Å². The molecule has 0 heterocycles. The molecule has 0 unspecified atom stereocenters. The van der Waals surface area contributed by atoms with Gasteiger partial charge in [-0.25, -0.2) is 8.42 Å². The van der Waals surface area contributed by atoms with E-state index in [4.69, 9.17) is 4.74 Å². The maximum Gasteiger partial charge on any atom is 0.242 e. The lowest BCUT2D eigenvalue weighted by atomic mass is 10.1. The Morgan fingerprint density at radius 2 is 1.66 bits per heavy atom. The molecule has 0 saturated carbocycles. The van der Waals surface area contributed by atoms with Crippen molar-refractivity contribution in [3.05, 3.63) is 89.5 Å². The van der Waals surface area contributed by atoms with Gasteiger partial charge >= 0.3 is 0 Å². The Hall–Kier alpha value is -3.16. The van der Waals surface area contributed by atoms with E-state index in [1.54, 1.807) is 12.1 Å². The minimum atomic E-state index is -3.93. The first-order valence-electron chi connectivity index (χ1n) is 10.5. The fourth-order valence-corrected chi connectivity index (χ4v) is 4.46. The van der Waals surface area contributed by atoms with E-state index in [2.05, 4.69) is 10.0 Å². The van der Waals surface area contributed by atoms with Crippen LogP contribution >= 0.6 is 0 Å². The van der Waals surface area contributed by atoms with Crippen molar-refractivity contribution in [1.82, 2.24) is 4.72 Å². The second kappa shape index (κ2) is 10.4. The summed E-state index contributed by atoms with van der Waals surface area (Å²) < 4.78 is 34.1. The number of carbonyl (C=O) groups excluding carboxylic acids is 1. The Morgan fingerprint density at radius 1 is 0.969 bits per heavy atom. The molecule has 0 aliphatic heterocycles. The number of nitrogens with one attached hydrogen (secondary N) is 2. The van der Waals surface area contributed by atoms with Crippen LogP contribution in [0.3, 0.4) is 0 Å². The van der Waals surface area contributed by atoms with Gasteiger partial charge in [-0.05, 0) is 74.2 Å². The van der Waals surface area contributed by atoms with E-state index < -0.39 is 22.0 Å². The first kappa shape index (κ1) is 23.5. The summed E-state index contributed by atoms with van der Waals surface area (Å²) in [6.07, 6.45) is 0.216. The van der Waals surface area contributed by atoms with E-state index in [9.17, 15) is 13.2 Å². The molecule has 1 atom stereocenters. The largest absolute Gasteiger partial charge is 0.494 e. The number of anilines is 1. The van der Waals surface area contributed by atoms with Gasteiger partial charge in [0, 0.05) is 5.69 Å². The molecule has 1 amide bonds. The number of hydrogen-bond acceptors (Lipinski definition) is 4. The van der Waals surface area contributed by atoms with Gasteiger partial charge in [-0.1, -0.05) is 42.5 Å². The summed E-state index contributed by atoms with van der Waals surface area (Å²) in [7, 11) is -3.93. The quantitative estimate of drug-likeness (QED) is 0.509. The Morgan fingerprint density at radius 3 is 2.31 bits per heavy atom. The zero-order valence-corrected chi connectivity index (χ0v) is 19.3. The summed E-state index contributed by atoms with van der Waals surface area (Å²) in [5.41, 5.74) is 3.41. The van der Waals surface area contributed by atoms with Gasteiger partial charge in [0.1, 0.15) is 11.8 Å². The van der Waals surface area contributed by atoms with Gasteiger partial charge in [0.05, 0.1) is 11.5 Å². The molecule has 0 aliphatic carbocycles. The molecule has 0 spiro atoms. The normalized spacial score (nSPS) is 12.2. The van der Waals surface area contributed by atoms with Crippen LogP contribution in [-0.2, 0) is 21.2 Å². The van der Waals surface area contributed by atoms with E-state index in [1.165, 1.54) is 12.1 Å². The van der Waals surface area contributed by atoms with Crippen LogP contribution in [0, 0.1) is 13.8 Å². The number of benzene rings is 3. The number of hydrogen-bond donors (Lipinski definition) is 2. The summed E-state index contributed by atoms with van der Waals surface area (Å²) >= 11 is 0. The van der Waals surface area contributed by atoms with E-state index in [1.807, 2.05) is 69.3 Å². The molecule has 3 rings (SSSR count). The van der Waals surface area contributed by atoms with Crippen molar-refractivity contribution in [3.8, 4) is 5.75 Å². The Labute approximate surface area is 189 Å². The van der Waals surface area contributed by atoms with Crippen molar-refractivity contribution >= 4 is 21.6 Å². The molecule has 3 aromatic carbocycles. The van der Waals surface area contributed by atoms with Crippen molar-refractivity contribution in [1.29, 1.82) is 0 Å². The minimum Gasteiger partial charge on any atom is -0.494 e. The Balaban J connectivity index is 1.86. The smallest absolute Gasteiger partial charge is 0.242 e. The monoisotopic (exact) mass is 452 g/mol. The molecule has 3 aromatic rings. The number of amides is 1. The Bertz CT molecular complexity index is 1160. The van der Waals surface area contributed by atoms with Crippen LogP contribution in [0.4, 0.5) is 5.69 Å². The SMILES string of the molecule is CCOc1ccc(S(=O)(=O)N[C@@H](Cc2ccccc2)C(=O)Nc2cc(C)ccc2C)cc1. The second-order valence-corrected chi connectivity index (χ2v) is 9.29. The molecular formula is C25H28N2O4S. The van der Waals surface area contributed by atoms with E-state index in [0.29, 0.717) is 18.0 Å². The van der Waals surface area contributed by atoms with Crippen LogP contribution in [0.25, 0.3) is 0 Å². The van der Waals surface area contributed by atoms with Crippen LogP contribution in [0.5, 0.6) is 5.75 Å². The highest BCUT2D eigenvalue weighted by Crippen LogP contribution is 2.19. The van der Waals surface area contributed by atoms with Crippen molar-refractivity contribution in [3.63, 3.8) is 0 Å². The predicted octanol–water partition coefficient (Wildman–Crippen LogP) is 4.23. The number of aryl methyl sites for hydroxylation is 2. The lowest BCUT2D eigenvalue weighted by molar-refractivity contribution is -0.117. The van der Waals surface area contributed by atoms with Crippen molar-refractivity contribution in [2.45, 2.75) is 38.1 Å². The highest BCUT2D eigenvalue weighted by molar-refractivity contribution is 7.89. The van der Waals surface area contributed by atoms with Crippen LogP contribution in [-0.4, -0.2) is 27.0 Å². The standard InChI is InChI=1S/C25H28N2O4S/c1-4-31-21-12-14-22(15-13-21)32(29,30)27-24(17-20-8-6-5-7-9-20)25(28)26-23-16-18(2)10-11-19(23)3/h5-16,24,27H,4,17H2,1-3H3,(H,26,28)/t24-/m0/s1. The van der Waals surface area contributed by atoms with E-state index in [0.717, 1.165) is 16.7 Å². The molecule has 6 nitrogen and oxygen atoms in total. The predicted molar refractivity (Wildman–Crippen MR) is 126 cm³/mol. The number of sulfonamides is 1. The molecule has 7 heteroatoms. The van der Waals surface area contributed by atoms with Gasteiger partial charge in [0.25, 0.3) is 0 Å². The third kappa shape index (κ3) is 6.18. The lowest BCUT2D eigenvalue weighted by Crippen LogP contribution is -2.45. The van der Waals surface area contributed by atoms with Gasteiger partial charge < -0.3 is 10.1 Å². The first-order valence-corrected chi connectivity index (χ1v) is 11.9. The second-order valence-electron chi connectivity index (χ2n) is 7.58. The van der Waals surface area contributed by atoms with Gasteiger partial charge in [-0.15, -0.1) is 0 Å². The Kier molecular flexibility index (Phi) is 7.66. The molecule has 0 radical (unpaired) electrons. The summed E-state index contributed by atoms with van der Waals surface area (Å²) in [5.74, 6) is 0.164. The summed E-state index contributed by atoms with van der Waals surface area (Å²) in [5, 5.41) is 2.89. The van der Waals surface area contributed by atoms with E-state index >= 15 is 0 Å². The fraction of sp³-hybridized carbons (Fsp3) is 0.240. The van der Waals surface area contributed by atoms with Crippen LogP contribution in [0.15, 0.2) is 77.7 Å². The molecule has 0 aromatic heterocycles. The molecule has 0 fully saturated rings. The summed E-state index contributed by atoms with van der Waals surface area (Å²) in [6, 6.07) is 20.2. The number of ether oxygens (including phenoxy) is 1. The van der Waals surface area contributed by atoms with Gasteiger partial charge in [-0.2, -0.15) is 4.72 Å². The third-order valence-corrected chi connectivity index (χ3v) is 6.48. The van der Waals surface area contributed by atoms with E-state index in [-0.39, 0.29) is 11.3 Å². The van der Waals surface area contributed by atoms with Crippen molar-refractivity contribution in [2.75, 3.05) is 11.9 Å². The molecule has 0 aliphatic rings. The van der Waals surface area contributed by atoms with Gasteiger partial charge in [-0.3, -0.25) is 4.79 Å². The van der Waals surface area contributed by atoms with Gasteiger partial charge in [0.2, 0.25) is 15.9 Å². The lowest BCUT2D eigenvalue weighted by Gasteiger charge is -2.20. The first-order chi connectivity index (χ1) is 15.3. The van der Waals surface area contributed by atoms with Crippen LogP contribution in [0.2, 0.25) is 0 Å².